The molecular formula is C16H16OSi. The number of benzene rings is 3. The molecule has 0 atom stereocenters. The minimum absolute atomic E-state index is 0.817. The van der Waals surface area contributed by atoms with Crippen molar-refractivity contribution < 1.29 is 4.43 Å². The second-order valence-electron chi connectivity index (χ2n) is 4.58. The lowest BCUT2D eigenvalue weighted by atomic mass is 9.98. The van der Waals surface area contributed by atoms with E-state index in [2.05, 4.69) is 54.6 Å². The lowest BCUT2D eigenvalue weighted by molar-refractivity contribution is 0.355. The smallest absolute Gasteiger partial charge is 0.145 e. The largest absolute Gasteiger partial charge is 0.428 e. The Morgan fingerprint density at radius 3 is 2.33 bits per heavy atom. The molecule has 0 bridgehead atoms. The molecule has 0 heterocycles. The predicted molar refractivity (Wildman–Crippen MR) is 81.0 cm³/mol. The van der Waals surface area contributed by atoms with E-state index in [1.807, 2.05) is 0 Å². The van der Waals surface area contributed by atoms with E-state index >= 15 is 0 Å². The molecule has 0 unspecified atom stereocenters. The summed E-state index contributed by atoms with van der Waals surface area (Å²) in [7, 11) is 0.817. The molecule has 3 rings (SSSR count). The van der Waals surface area contributed by atoms with Gasteiger partial charge in [-0.15, -0.1) is 0 Å². The molecule has 0 aromatic heterocycles. The number of rotatable bonds is 3. The Balaban J connectivity index is 2.22. The first kappa shape index (κ1) is 11.4. The van der Waals surface area contributed by atoms with Gasteiger partial charge in [0.25, 0.3) is 0 Å². The maximum absolute atomic E-state index is 5.32. The Morgan fingerprint density at radius 2 is 1.56 bits per heavy atom. The highest BCUT2D eigenvalue weighted by Crippen LogP contribution is 2.25. The Bertz CT molecular complexity index is 691. The highest BCUT2D eigenvalue weighted by Gasteiger charge is 2.02. The van der Waals surface area contributed by atoms with E-state index in [9.17, 15) is 0 Å². The molecule has 3 aromatic rings. The van der Waals surface area contributed by atoms with Crippen LogP contribution in [0.4, 0.5) is 0 Å². The van der Waals surface area contributed by atoms with E-state index in [-0.39, 0.29) is 0 Å². The van der Waals surface area contributed by atoms with Crippen molar-refractivity contribution in [1.29, 1.82) is 0 Å². The van der Waals surface area contributed by atoms with Crippen LogP contribution < -0.4 is 0 Å². The second kappa shape index (κ2) is 4.92. The van der Waals surface area contributed by atoms with E-state index in [0.29, 0.717) is 0 Å². The SMILES string of the molecule is [SiH3]OCCc1cccc2cc3ccccc3cc12. The fourth-order valence-corrected chi connectivity index (χ4v) is 2.67. The first-order chi connectivity index (χ1) is 8.88. The Kier molecular flexibility index (Phi) is 3.13. The van der Waals surface area contributed by atoms with Gasteiger partial charge in [0, 0.05) is 6.61 Å². The standard InChI is InChI=1S/C16H16OSi/c18-17-9-8-12-6-3-7-15-10-13-4-1-2-5-14(13)11-16(12)15/h1-7,10-11H,8-9H2,18H3. The van der Waals surface area contributed by atoms with Crippen LogP contribution >= 0.6 is 0 Å². The van der Waals surface area contributed by atoms with E-state index in [1.165, 1.54) is 27.1 Å². The number of fused-ring (bicyclic) bond motifs is 2. The molecule has 3 aromatic carbocycles. The predicted octanol–water partition coefficient (Wildman–Crippen LogP) is 2.83. The molecule has 0 amide bonds. The van der Waals surface area contributed by atoms with E-state index in [4.69, 9.17) is 4.43 Å². The summed E-state index contributed by atoms with van der Waals surface area (Å²) in [6.07, 6.45) is 0.999. The quantitative estimate of drug-likeness (QED) is 0.514. The van der Waals surface area contributed by atoms with Crippen LogP contribution in [0.3, 0.4) is 0 Å². The monoisotopic (exact) mass is 252 g/mol. The molecule has 0 saturated carbocycles. The fourth-order valence-electron chi connectivity index (χ4n) is 2.46. The first-order valence-electron chi connectivity index (χ1n) is 6.28. The van der Waals surface area contributed by atoms with E-state index < -0.39 is 0 Å². The van der Waals surface area contributed by atoms with Crippen molar-refractivity contribution in [2.75, 3.05) is 6.61 Å². The molecule has 0 aliphatic rings. The summed E-state index contributed by atoms with van der Waals surface area (Å²) >= 11 is 0. The van der Waals surface area contributed by atoms with Gasteiger partial charge in [-0.05, 0) is 45.7 Å². The molecule has 90 valence electrons. The summed E-state index contributed by atoms with van der Waals surface area (Å²) in [6.45, 7) is 0.832. The summed E-state index contributed by atoms with van der Waals surface area (Å²) in [4.78, 5) is 0. The topological polar surface area (TPSA) is 9.23 Å². The average molecular weight is 252 g/mol. The van der Waals surface area contributed by atoms with E-state index in [1.54, 1.807) is 0 Å². The zero-order valence-corrected chi connectivity index (χ0v) is 12.5. The molecule has 18 heavy (non-hydrogen) atoms. The summed E-state index contributed by atoms with van der Waals surface area (Å²) in [6, 6.07) is 19.6. The maximum Gasteiger partial charge on any atom is 0.145 e. The van der Waals surface area contributed by atoms with Crippen molar-refractivity contribution in [3.8, 4) is 0 Å². The Labute approximate surface area is 110 Å². The zero-order chi connectivity index (χ0) is 12.4. The molecular weight excluding hydrogens is 236 g/mol. The van der Waals surface area contributed by atoms with Gasteiger partial charge in [0.05, 0.1) is 0 Å². The highest BCUT2D eigenvalue weighted by molar-refractivity contribution is 5.99. The Hall–Kier alpha value is -1.64. The minimum atomic E-state index is 0.817. The number of hydrogen-bond acceptors (Lipinski definition) is 1. The van der Waals surface area contributed by atoms with Crippen LogP contribution in [0.25, 0.3) is 21.5 Å². The number of hydrogen-bond donors (Lipinski definition) is 0. The fraction of sp³-hybridized carbons (Fsp3) is 0.125. The van der Waals surface area contributed by atoms with Crippen LogP contribution in [0.1, 0.15) is 5.56 Å². The third-order valence-electron chi connectivity index (χ3n) is 3.41. The van der Waals surface area contributed by atoms with Gasteiger partial charge in [0.1, 0.15) is 10.5 Å². The van der Waals surface area contributed by atoms with Crippen LogP contribution in [0.5, 0.6) is 0 Å². The van der Waals surface area contributed by atoms with Crippen molar-refractivity contribution in [2.24, 2.45) is 0 Å². The average Bonchev–Trinajstić information content (AvgIpc) is 2.43. The van der Waals surface area contributed by atoms with Gasteiger partial charge in [0.2, 0.25) is 0 Å². The van der Waals surface area contributed by atoms with Crippen LogP contribution in [0, 0.1) is 0 Å². The molecule has 1 nitrogen and oxygen atoms in total. The van der Waals surface area contributed by atoms with Crippen molar-refractivity contribution >= 4 is 32.0 Å². The molecule has 0 spiro atoms. The van der Waals surface area contributed by atoms with Gasteiger partial charge in [-0.25, -0.2) is 0 Å². The molecule has 0 aliphatic carbocycles. The van der Waals surface area contributed by atoms with Gasteiger partial charge >= 0.3 is 0 Å². The molecule has 0 radical (unpaired) electrons. The van der Waals surface area contributed by atoms with Crippen molar-refractivity contribution in [2.45, 2.75) is 6.42 Å². The minimum Gasteiger partial charge on any atom is -0.428 e. The van der Waals surface area contributed by atoms with Crippen LogP contribution in [-0.4, -0.2) is 17.1 Å². The zero-order valence-electron chi connectivity index (χ0n) is 10.5. The molecule has 0 N–H and O–H groups in total. The normalized spacial score (nSPS) is 11.3. The van der Waals surface area contributed by atoms with Crippen LogP contribution in [0.2, 0.25) is 0 Å². The third-order valence-corrected chi connectivity index (χ3v) is 3.82. The third kappa shape index (κ3) is 2.05. The van der Waals surface area contributed by atoms with Crippen molar-refractivity contribution in [1.82, 2.24) is 0 Å². The molecule has 2 heteroatoms. The summed E-state index contributed by atoms with van der Waals surface area (Å²) in [5.41, 5.74) is 1.38. The summed E-state index contributed by atoms with van der Waals surface area (Å²) < 4.78 is 5.32. The van der Waals surface area contributed by atoms with Gasteiger partial charge in [0.15, 0.2) is 0 Å². The van der Waals surface area contributed by atoms with Gasteiger partial charge in [-0.2, -0.15) is 0 Å². The molecule has 0 fully saturated rings. The van der Waals surface area contributed by atoms with Crippen molar-refractivity contribution in [3.63, 3.8) is 0 Å². The molecule has 0 saturated heterocycles. The lowest BCUT2D eigenvalue weighted by Gasteiger charge is -2.08. The first-order valence-corrected chi connectivity index (χ1v) is 7.09. The summed E-state index contributed by atoms with van der Waals surface area (Å²) in [5, 5.41) is 5.29. The molecule has 0 aliphatic heterocycles. The van der Waals surface area contributed by atoms with Gasteiger partial charge < -0.3 is 4.43 Å². The van der Waals surface area contributed by atoms with Gasteiger partial charge in [-0.1, -0.05) is 42.5 Å². The van der Waals surface area contributed by atoms with Crippen molar-refractivity contribution in [3.05, 3.63) is 60.2 Å². The second-order valence-corrected chi connectivity index (χ2v) is 5.16. The Morgan fingerprint density at radius 1 is 0.833 bits per heavy atom. The highest BCUT2D eigenvalue weighted by atomic mass is 28.2. The van der Waals surface area contributed by atoms with Crippen LogP contribution in [0.15, 0.2) is 54.6 Å². The van der Waals surface area contributed by atoms with Gasteiger partial charge in [-0.3, -0.25) is 0 Å². The maximum atomic E-state index is 5.32. The van der Waals surface area contributed by atoms with E-state index in [0.717, 1.165) is 23.5 Å². The van der Waals surface area contributed by atoms with Crippen LogP contribution in [-0.2, 0) is 10.8 Å². The summed E-state index contributed by atoms with van der Waals surface area (Å²) in [5.74, 6) is 0. The lowest BCUT2D eigenvalue weighted by Crippen LogP contribution is -1.96.